The Hall–Kier alpha value is -5.50. The number of guanidine groups is 2. The molecule has 20 heteroatoms. The molecule has 0 radical (unpaired) electrons. The monoisotopic (exact) mass is 911 g/mol. The molecule has 1 aromatic rings. The lowest BCUT2D eigenvalue weighted by atomic mass is 9.84. The van der Waals surface area contributed by atoms with E-state index in [1.54, 1.807) is 0 Å². The number of carboxylic acid groups (broad SMARTS) is 1. The van der Waals surface area contributed by atoms with E-state index in [0.717, 1.165) is 81.8 Å². The van der Waals surface area contributed by atoms with Gasteiger partial charge in [0.1, 0.15) is 24.2 Å². The van der Waals surface area contributed by atoms with E-state index in [1.165, 1.54) is 9.80 Å². The molecule has 2 fully saturated rings. The van der Waals surface area contributed by atoms with Crippen LogP contribution in [-0.4, -0.2) is 130 Å². The Morgan fingerprint density at radius 3 is 2.00 bits per heavy atom. The van der Waals surface area contributed by atoms with Crippen molar-refractivity contribution < 1.29 is 39.0 Å². The maximum absolute atomic E-state index is 14.4. The number of carbonyl (C=O) groups excluding carboxylic acids is 5. The van der Waals surface area contributed by atoms with Crippen molar-refractivity contribution in [3.8, 4) is 0 Å². The highest BCUT2D eigenvalue weighted by atomic mass is 16.4. The van der Waals surface area contributed by atoms with Crippen molar-refractivity contribution in [2.75, 3.05) is 26.2 Å². The van der Waals surface area contributed by atoms with Gasteiger partial charge in [0.05, 0.1) is 12.6 Å². The lowest BCUT2D eigenvalue weighted by Crippen LogP contribution is -2.61. The van der Waals surface area contributed by atoms with Crippen LogP contribution in [0.3, 0.4) is 0 Å². The van der Waals surface area contributed by atoms with Gasteiger partial charge in [0, 0.05) is 45.1 Å². The summed E-state index contributed by atoms with van der Waals surface area (Å²) in [4.78, 5) is 90.5. The van der Waals surface area contributed by atoms with Crippen molar-refractivity contribution in [2.45, 2.75) is 165 Å². The van der Waals surface area contributed by atoms with Crippen LogP contribution in [0.5, 0.6) is 0 Å². The van der Waals surface area contributed by atoms with Crippen molar-refractivity contribution in [3.05, 3.63) is 35.4 Å². The zero-order valence-electron chi connectivity index (χ0n) is 37.8. The molecule has 20 nitrogen and oxygen atoms in total. The third-order valence-electron chi connectivity index (χ3n) is 12.8. The van der Waals surface area contributed by atoms with Crippen molar-refractivity contribution in [3.63, 3.8) is 0 Å². The molecule has 2 heterocycles. The van der Waals surface area contributed by atoms with E-state index in [2.05, 4.69) is 25.9 Å². The number of unbranched alkanes of at least 4 members (excludes halogenated alkanes) is 7. The number of nitrogens with one attached hydrogen (secondary N) is 3. The molecule has 1 aliphatic carbocycles. The molecule has 1 aromatic carbocycles. The number of carbonyl (C=O) groups is 6. The van der Waals surface area contributed by atoms with Crippen molar-refractivity contribution in [2.24, 2.45) is 44.6 Å². The number of nitrogens with zero attached hydrogens (tertiary/aromatic N) is 4. The van der Waals surface area contributed by atoms with Crippen molar-refractivity contribution >= 4 is 47.4 Å². The highest BCUT2D eigenvalue weighted by molar-refractivity contribution is 5.95. The third kappa shape index (κ3) is 16.5. The number of fused-ring (bicyclic) bond motifs is 2. The van der Waals surface area contributed by atoms with Gasteiger partial charge in [-0.05, 0) is 74.8 Å². The summed E-state index contributed by atoms with van der Waals surface area (Å²) in [5, 5.41) is 28.8. The van der Waals surface area contributed by atoms with Gasteiger partial charge in [-0.25, -0.2) is 4.79 Å². The van der Waals surface area contributed by atoms with Crippen LogP contribution in [0, 0.1) is 5.92 Å². The number of aliphatic imine (C=N–C) groups is 2. The van der Waals surface area contributed by atoms with Gasteiger partial charge in [0.15, 0.2) is 11.9 Å². The molecule has 2 aliphatic heterocycles. The summed E-state index contributed by atoms with van der Waals surface area (Å²) in [5.74, 6) is -3.10. The zero-order chi connectivity index (χ0) is 47.3. The first-order valence-electron chi connectivity index (χ1n) is 23.5. The zero-order valence-corrected chi connectivity index (χ0v) is 37.8. The molecule has 15 N–H and O–H groups in total. The first-order chi connectivity index (χ1) is 31.2. The van der Waals surface area contributed by atoms with Crippen LogP contribution in [0.2, 0.25) is 0 Å². The van der Waals surface area contributed by atoms with Crippen molar-refractivity contribution in [1.29, 1.82) is 0 Å². The minimum atomic E-state index is -1.25. The van der Waals surface area contributed by atoms with E-state index in [9.17, 15) is 39.0 Å². The van der Waals surface area contributed by atoms with Gasteiger partial charge in [-0.3, -0.25) is 34.0 Å². The highest BCUT2D eigenvalue weighted by Crippen LogP contribution is 2.41. The average molecular weight is 911 g/mol. The van der Waals surface area contributed by atoms with Gasteiger partial charge in [-0.2, -0.15) is 0 Å². The van der Waals surface area contributed by atoms with E-state index in [-0.39, 0.29) is 61.0 Å². The van der Waals surface area contributed by atoms with Crippen LogP contribution in [-0.2, 0) is 41.7 Å². The molecule has 5 amide bonds. The molecule has 4 rings (SSSR count). The van der Waals surface area contributed by atoms with E-state index in [0.29, 0.717) is 58.2 Å². The highest BCUT2D eigenvalue weighted by Gasteiger charge is 2.51. The van der Waals surface area contributed by atoms with Gasteiger partial charge in [0.25, 0.3) is 0 Å². The Kier molecular flexibility index (Phi) is 21.7. The number of rotatable bonds is 27. The molecule has 3 aliphatic rings. The summed E-state index contributed by atoms with van der Waals surface area (Å²) in [6, 6.07) is 2.56. The van der Waals surface area contributed by atoms with Crippen LogP contribution in [0.4, 0.5) is 0 Å². The van der Waals surface area contributed by atoms with E-state index in [1.807, 2.05) is 24.3 Å². The fraction of sp³-hybridized carbons (Fsp3) is 0.689. The molecular weight excluding hydrogens is 837 g/mol. The quantitative estimate of drug-likeness (QED) is 0.0321. The lowest BCUT2D eigenvalue weighted by molar-refractivity contribution is -0.156. The Morgan fingerprint density at radius 1 is 0.738 bits per heavy atom. The maximum Gasteiger partial charge on any atom is 0.326 e. The minimum absolute atomic E-state index is 0.0374. The predicted octanol–water partition coefficient (Wildman–Crippen LogP) is 0.208. The lowest BCUT2D eigenvalue weighted by Gasteiger charge is -2.42. The Morgan fingerprint density at radius 2 is 1.35 bits per heavy atom. The van der Waals surface area contributed by atoms with Crippen LogP contribution < -0.4 is 44.6 Å². The smallest absolute Gasteiger partial charge is 0.326 e. The third-order valence-corrected chi connectivity index (χ3v) is 12.8. The molecule has 7 atom stereocenters. The molecule has 65 heavy (non-hydrogen) atoms. The second-order valence-corrected chi connectivity index (χ2v) is 17.6. The molecule has 1 saturated carbocycles. The normalized spacial score (nSPS) is 20.3. The summed E-state index contributed by atoms with van der Waals surface area (Å²) in [5.41, 5.74) is 29.3. The fourth-order valence-electron chi connectivity index (χ4n) is 9.30. The van der Waals surface area contributed by atoms with Crippen LogP contribution >= 0.6 is 0 Å². The second kappa shape index (κ2) is 27.1. The van der Waals surface area contributed by atoms with Crippen LogP contribution in [0.15, 0.2) is 34.3 Å². The second-order valence-electron chi connectivity index (χ2n) is 17.6. The number of carboxylic acids is 1. The van der Waals surface area contributed by atoms with Crippen LogP contribution in [0.25, 0.3) is 0 Å². The van der Waals surface area contributed by atoms with Gasteiger partial charge in [0.2, 0.25) is 29.5 Å². The van der Waals surface area contributed by atoms with Gasteiger partial charge < -0.3 is 64.6 Å². The molecule has 0 spiro atoms. The summed E-state index contributed by atoms with van der Waals surface area (Å²) < 4.78 is 0. The molecule has 1 saturated heterocycles. The number of hydrogen-bond donors (Lipinski definition) is 10. The van der Waals surface area contributed by atoms with Gasteiger partial charge >= 0.3 is 5.97 Å². The van der Waals surface area contributed by atoms with E-state index in [4.69, 9.17) is 28.7 Å². The van der Waals surface area contributed by atoms with E-state index >= 15 is 0 Å². The summed E-state index contributed by atoms with van der Waals surface area (Å²) in [7, 11) is 0. The maximum atomic E-state index is 14.4. The molecule has 362 valence electrons. The number of amides is 5. The van der Waals surface area contributed by atoms with Crippen molar-refractivity contribution in [1.82, 2.24) is 25.8 Å². The first-order valence-corrected chi connectivity index (χ1v) is 23.5. The van der Waals surface area contributed by atoms with Gasteiger partial charge in [-0.1, -0.05) is 75.6 Å². The predicted molar refractivity (Wildman–Crippen MR) is 246 cm³/mol. The number of benzene rings is 1. The first kappa shape index (κ1) is 52.1. The van der Waals surface area contributed by atoms with Gasteiger partial charge in [-0.15, -0.1) is 0 Å². The van der Waals surface area contributed by atoms with Crippen LogP contribution in [0.1, 0.15) is 127 Å². The number of aliphatic hydroxyl groups is 1. The molecule has 0 aromatic heterocycles. The fourth-order valence-corrected chi connectivity index (χ4v) is 9.30. The Bertz CT molecular complexity index is 1800. The SMILES string of the molecule is NC(N)=NCCC[C@H](NC(=O)[C@@H](N)CCCN=C(N)N)C(=O)NCCCCCCCCCCC(=O)N[C@@H](CO)C(=O)N1Cc2ccccc2C[C@@H]1C(=O)N1[C@H](C(=O)O)C[C@@H]2CCCC[C@@H]21. The summed E-state index contributed by atoms with van der Waals surface area (Å²) in [6.45, 7) is 0.560. The average Bonchev–Trinajstić information content (AvgIpc) is 3.68. The largest absolute Gasteiger partial charge is 0.480 e. The topological polar surface area (TPSA) is 340 Å². The summed E-state index contributed by atoms with van der Waals surface area (Å²) >= 11 is 0. The number of nitrogens with two attached hydrogens (primary N) is 5. The molecular formula is C45H74N12O8. The number of aliphatic carboxylic acids is 1. The molecule has 0 bridgehead atoms. The number of aliphatic hydroxyl groups excluding tert-OH is 1. The summed E-state index contributed by atoms with van der Waals surface area (Å²) in [6.07, 6.45) is 12.8. The van der Waals surface area contributed by atoms with E-state index < -0.39 is 54.6 Å². The Labute approximate surface area is 382 Å². The molecule has 0 unspecified atom stereocenters. The number of hydrogen-bond acceptors (Lipinski definition) is 10. The minimum Gasteiger partial charge on any atom is -0.480 e. The number of likely N-dealkylation sites (tertiary alicyclic amines) is 1. The Balaban J connectivity index is 1.16. The standard InChI is InChI=1S/C45H74N12O8/c46-32(18-13-23-52-44(47)48)39(60)55-33(19-14-24-53-45(49)50)40(61)51-22-12-6-4-2-1-3-5-7-21-38(59)54-34(28-58)41(62)56-27-31-17-9-8-15-29(31)25-36(56)42(63)57-35-20-11-10-16-30(35)26-37(57)43(64)65/h8-9,15,17,30,32-37,58H,1-7,10-14,16,18-28,46H2,(H,51,61)(H,54,59)(H,55,60)(H,64,65)(H4,47,48,52)(H4,49,50,53)/t30-,32-,33-,34-,35-,36+,37-/m0/s1.